The number of nitrogens with zero attached hydrogens (tertiary/aromatic N) is 1. The van der Waals surface area contributed by atoms with Crippen molar-refractivity contribution in [1.82, 2.24) is 0 Å². The Labute approximate surface area is 104 Å². The van der Waals surface area contributed by atoms with Gasteiger partial charge in [-0.25, -0.2) is 5.41 Å². The molecule has 0 saturated carbocycles. The first-order valence-electron chi connectivity index (χ1n) is 4.43. The summed E-state index contributed by atoms with van der Waals surface area (Å²) in [5.41, 5.74) is 0.883. The molecule has 0 saturated heterocycles. The highest BCUT2D eigenvalue weighted by Crippen LogP contribution is 2.24. The van der Waals surface area contributed by atoms with Gasteiger partial charge in [0.05, 0.1) is 16.0 Å². The van der Waals surface area contributed by atoms with Crippen LogP contribution in [0.1, 0.15) is 0 Å². The van der Waals surface area contributed by atoms with Crippen molar-refractivity contribution < 1.29 is 0 Å². The van der Waals surface area contributed by atoms with Gasteiger partial charge in [-0.3, -0.25) is 0 Å². The molecule has 2 aromatic carbocycles. The Morgan fingerprint density at radius 3 is 2.31 bits per heavy atom. The van der Waals surface area contributed by atoms with E-state index in [0.29, 0.717) is 0 Å². The van der Waals surface area contributed by atoms with E-state index in [1.165, 1.54) is 5.39 Å². The van der Waals surface area contributed by atoms with Crippen LogP contribution in [-0.2, 0) is 0 Å². The van der Waals surface area contributed by atoms with Crippen LogP contribution in [0.2, 0.25) is 0 Å². The summed E-state index contributed by atoms with van der Waals surface area (Å²) in [6, 6.07) is 14.0. The van der Waals surface area contributed by atoms with Gasteiger partial charge in [0, 0.05) is 5.39 Å². The van der Waals surface area contributed by atoms with Gasteiger partial charge in [0.25, 0.3) is 0 Å². The maximum absolute atomic E-state index is 5.77. The number of benzene rings is 2. The first-order chi connectivity index (χ1) is 7.83. The summed E-state index contributed by atoms with van der Waals surface area (Å²) < 4.78 is 0. The van der Waals surface area contributed by atoms with Crippen LogP contribution in [0.3, 0.4) is 0 Å². The summed E-state index contributed by atoms with van der Waals surface area (Å²) in [5, 5.41) is 12.0. The van der Waals surface area contributed by atoms with E-state index in [4.69, 9.17) is 5.41 Å². The van der Waals surface area contributed by atoms with E-state index >= 15 is 0 Å². The Balaban J connectivity index is 0.000000386. The lowest BCUT2D eigenvalue weighted by Gasteiger charge is -1.98. The Kier molecular flexibility index (Phi) is 5.20. The lowest BCUT2D eigenvalue weighted by molar-refractivity contribution is 1.60. The first-order valence-corrected chi connectivity index (χ1v) is 5.24. The topological polar surface area (TPSA) is 36.2 Å². The van der Waals surface area contributed by atoms with Crippen molar-refractivity contribution in [3.63, 3.8) is 0 Å². The average Bonchev–Trinajstić information content (AvgIpc) is 2.31. The lowest BCUT2D eigenvalue weighted by Crippen LogP contribution is -1.71. The Morgan fingerprint density at radius 2 is 1.62 bits per heavy atom. The molecule has 78 valence electrons. The summed E-state index contributed by atoms with van der Waals surface area (Å²) in [6.45, 7) is 0. The summed E-state index contributed by atoms with van der Waals surface area (Å²) >= 11 is 8.39. The fraction of sp³-hybridized carbons (Fsp3) is 0. The molecular formula is C12H8N2S2. The Hall–Kier alpha value is -1.70. The Morgan fingerprint density at radius 1 is 1.00 bits per heavy atom. The lowest BCUT2D eigenvalue weighted by atomic mass is 10.1. The molecule has 0 aliphatic heterocycles. The van der Waals surface area contributed by atoms with Crippen molar-refractivity contribution >= 4 is 51.2 Å². The van der Waals surface area contributed by atoms with Crippen LogP contribution < -0.4 is 0 Å². The SMILES string of the molecule is N=C=S.S=C=Nc1cccc2ccccc12. The molecule has 2 rings (SSSR count). The zero-order valence-electron chi connectivity index (χ0n) is 8.31. The molecule has 2 aromatic rings. The van der Waals surface area contributed by atoms with Gasteiger partial charge in [0.1, 0.15) is 0 Å². The van der Waals surface area contributed by atoms with Gasteiger partial charge in [-0.1, -0.05) is 36.4 Å². The molecule has 16 heavy (non-hydrogen) atoms. The largest absolute Gasteiger partial charge is 0.248 e. The summed E-state index contributed by atoms with van der Waals surface area (Å²) in [7, 11) is 0. The van der Waals surface area contributed by atoms with E-state index in [2.05, 4.69) is 46.7 Å². The predicted octanol–water partition coefficient (Wildman–Crippen LogP) is 4.24. The van der Waals surface area contributed by atoms with E-state index in [1.54, 1.807) is 5.16 Å². The molecule has 2 nitrogen and oxygen atoms in total. The second-order valence-electron chi connectivity index (χ2n) is 2.80. The first kappa shape index (κ1) is 12.4. The number of hydrogen-bond donors (Lipinski definition) is 1. The molecule has 0 fully saturated rings. The van der Waals surface area contributed by atoms with Gasteiger partial charge >= 0.3 is 0 Å². The molecule has 0 atom stereocenters. The number of fused-ring (bicyclic) bond motifs is 1. The van der Waals surface area contributed by atoms with Crippen molar-refractivity contribution in [1.29, 1.82) is 5.41 Å². The van der Waals surface area contributed by atoms with E-state index in [-0.39, 0.29) is 0 Å². The van der Waals surface area contributed by atoms with E-state index in [1.807, 2.05) is 30.3 Å². The third-order valence-electron chi connectivity index (χ3n) is 1.93. The van der Waals surface area contributed by atoms with Crippen LogP contribution in [0.15, 0.2) is 47.5 Å². The van der Waals surface area contributed by atoms with Crippen LogP contribution in [0, 0.1) is 5.41 Å². The second kappa shape index (κ2) is 6.72. The highest BCUT2D eigenvalue weighted by molar-refractivity contribution is 7.78. The molecule has 0 amide bonds. The van der Waals surface area contributed by atoms with Crippen LogP contribution in [-0.4, -0.2) is 10.3 Å². The normalized spacial score (nSPS) is 8.25. The minimum Gasteiger partial charge on any atom is -0.248 e. The fourth-order valence-electron chi connectivity index (χ4n) is 1.35. The predicted molar refractivity (Wildman–Crippen MR) is 74.0 cm³/mol. The van der Waals surface area contributed by atoms with Crippen LogP contribution in [0.25, 0.3) is 10.8 Å². The van der Waals surface area contributed by atoms with E-state index < -0.39 is 0 Å². The maximum Gasteiger partial charge on any atom is 0.0817 e. The Bertz CT molecular complexity index is 561. The van der Waals surface area contributed by atoms with Crippen LogP contribution >= 0.6 is 24.4 Å². The smallest absolute Gasteiger partial charge is 0.0817 e. The summed E-state index contributed by atoms with van der Waals surface area (Å²) in [6.07, 6.45) is 0. The van der Waals surface area contributed by atoms with Crippen molar-refractivity contribution in [2.75, 3.05) is 0 Å². The third-order valence-corrected chi connectivity index (χ3v) is 2.02. The molecule has 0 heterocycles. The third kappa shape index (κ3) is 3.16. The number of rotatable bonds is 1. The molecule has 0 aliphatic rings. The summed E-state index contributed by atoms with van der Waals surface area (Å²) in [5.74, 6) is 0. The number of aliphatic imine (C=N–C) groups is 1. The van der Waals surface area contributed by atoms with Crippen LogP contribution in [0.4, 0.5) is 5.69 Å². The van der Waals surface area contributed by atoms with Crippen molar-refractivity contribution in [2.45, 2.75) is 0 Å². The molecular weight excluding hydrogens is 236 g/mol. The van der Waals surface area contributed by atoms with E-state index in [0.717, 1.165) is 11.1 Å². The minimum atomic E-state index is 0.883. The highest BCUT2D eigenvalue weighted by Gasteiger charge is 1.96. The van der Waals surface area contributed by atoms with E-state index in [9.17, 15) is 0 Å². The van der Waals surface area contributed by atoms with Gasteiger partial charge in [-0.2, -0.15) is 4.99 Å². The van der Waals surface area contributed by atoms with Gasteiger partial charge < -0.3 is 0 Å². The monoisotopic (exact) mass is 244 g/mol. The number of hydrogen-bond acceptors (Lipinski definition) is 4. The van der Waals surface area contributed by atoms with Crippen molar-refractivity contribution in [3.05, 3.63) is 42.5 Å². The number of nitrogens with one attached hydrogen (secondary N) is 1. The molecule has 1 N–H and O–H groups in total. The highest BCUT2D eigenvalue weighted by atomic mass is 32.1. The van der Waals surface area contributed by atoms with Crippen LogP contribution in [0.5, 0.6) is 0 Å². The zero-order chi connectivity index (χ0) is 11.8. The molecule has 0 radical (unpaired) electrons. The zero-order valence-corrected chi connectivity index (χ0v) is 9.94. The van der Waals surface area contributed by atoms with Gasteiger partial charge in [0.2, 0.25) is 0 Å². The molecule has 4 heteroatoms. The standard InChI is InChI=1S/C11H7NS.CHNS/c13-8-12-11-7-3-5-9-4-1-2-6-10(9)11;2-1-3/h1-7H;2H. The molecule has 0 spiro atoms. The summed E-state index contributed by atoms with van der Waals surface area (Å²) in [4.78, 5) is 4.00. The number of isothiocyanates is 2. The number of thiocarbonyl (C=S) groups is 2. The molecule has 0 unspecified atom stereocenters. The van der Waals surface area contributed by atoms with Crippen molar-refractivity contribution in [2.24, 2.45) is 4.99 Å². The quantitative estimate of drug-likeness (QED) is 0.601. The van der Waals surface area contributed by atoms with Gasteiger partial charge in [-0.15, -0.1) is 0 Å². The maximum atomic E-state index is 5.77. The fourth-order valence-corrected chi connectivity index (χ4v) is 1.45. The van der Waals surface area contributed by atoms with Gasteiger partial charge in [0.15, 0.2) is 0 Å². The molecule has 0 aromatic heterocycles. The van der Waals surface area contributed by atoms with Crippen molar-refractivity contribution in [3.8, 4) is 0 Å². The second-order valence-corrected chi connectivity index (χ2v) is 3.19. The molecule has 0 bridgehead atoms. The molecule has 0 aliphatic carbocycles. The minimum absolute atomic E-state index is 0.883. The van der Waals surface area contributed by atoms with Gasteiger partial charge in [-0.05, 0) is 35.9 Å². The average molecular weight is 244 g/mol.